The fourth-order valence-electron chi connectivity index (χ4n) is 1.45. The number of carbonyl (C=O) groups excluding carboxylic acids is 1. The number of likely N-dealkylation sites (N-methyl/N-ethyl adjacent to an activating group) is 1. The summed E-state index contributed by atoms with van der Waals surface area (Å²) in [5.74, 6) is -1.20. The van der Waals surface area contributed by atoms with Gasteiger partial charge in [-0.1, -0.05) is 0 Å². The molecule has 0 saturated carbocycles. The molecule has 0 bridgehead atoms. The third-order valence-corrected chi connectivity index (χ3v) is 2.23. The van der Waals surface area contributed by atoms with E-state index in [1.54, 1.807) is 18.0 Å². The molecule has 0 radical (unpaired) electrons. The van der Waals surface area contributed by atoms with Gasteiger partial charge >= 0.3 is 5.97 Å². The number of anilines is 1. The number of rotatable bonds is 5. The van der Waals surface area contributed by atoms with E-state index in [4.69, 9.17) is 5.11 Å². The van der Waals surface area contributed by atoms with Gasteiger partial charge in [0, 0.05) is 25.0 Å². The molecule has 1 rings (SSSR count). The van der Waals surface area contributed by atoms with Gasteiger partial charge in [0.2, 0.25) is 5.91 Å². The van der Waals surface area contributed by atoms with E-state index in [0.717, 1.165) is 0 Å². The van der Waals surface area contributed by atoms with Gasteiger partial charge in [-0.2, -0.15) is 0 Å². The lowest BCUT2D eigenvalue weighted by atomic mass is 10.3. The molecule has 6 nitrogen and oxygen atoms in total. The lowest BCUT2D eigenvalue weighted by Gasteiger charge is -2.19. The molecule has 1 amide bonds. The van der Waals surface area contributed by atoms with E-state index in [-0.39, 0.29) is 24.2 Å². The van der Waals surface area contributed by atoms with Crippen LogP contribution in [0.15, 0.2) is 18.3 Å². The van der Waals surface area contributed by atoms with Crippen LogP contribution in [-0.4, -0.2) is 41.6 Å². The summed E-state index contributed by atoms with van der Waals surface area (Å²) < 4.78 is 0. The number of pyridine rings is 1. The number of nitrogens with zero attached hydrogens (tertiary/aromatic N) is 2. The van der Waals surface area contributed by atoms with Crippen LogP contribution in [0.1, 0.15) is 24.3 Å². The third-order valence-electron chi connectivity index (χ3n) is 2.23. The molecule has 0 unspecified atom stereocenters. The standard InChI is InChI=1S/C12H17N3O3/c1-8(2)14-11(16)7-15(3)9-4-5-13-10(6-9)12(17)18/h4-6,8H,7H2,1-3H3,(H,14,16)(H,17,18). The normalized spacial score (nSPS) is 10.2. The van der Waals surface area contributed by atoms with Gasteiger partial charge < -0.3 is 15.3 Å². The number of hydrogen-bond acceptors (Lipinski definition) is 4. The first kappa shape index (κ1) is 14.0. The zero-order valence-corrected chi connectivity index (χ0v) is 10.7. The van der Waals surface area contributed by atoms with Crippen LogP contribution in [0.25, 0.3) is 0 Å². The molecule has 1 aromatic rings. The molecule has 0 saturated heterocycles. The Labute approximate surface area is 106 Å². The Morgan fingerprint density at radius 3 is 2.72 bits per heavy atom. The van der Waals surface area contributed by atoms with Crippen molar-refractivity contribution in [2.75, 3.05) is 18.5 Å². The Morgan fingerprint density at radius 1 is 1.50 bits per heavy atom. The molecule has 18 heavy (non-hydrogen) atoms. The first-order valence-electron chi connectivity index (χ1n) is 5.60. The predicted octanol–water partition coefficient (Wildman–Crippen LogP) is 0.741. The zero-order chi connectivity index (χ0) is 13.7. The average Bonchev–Trinajstić information content (AvgIpc) is 2.27. The molecule has 0 atom stereocenters. The molecular weight excluding hydrogens is 234 g/mol. The molecule has 0 aliphatic carbocycles. The summed E-state index contributed by atoms with van der Waals surface area (Å²) in [7, 11) is 1.72. The Bertz CT molecular complexity index is 446. The van der Waals surface area contributed by atoms with Crippen molar-refractivity contribution in [3.05, 3.63) is 24.0 Å². The van der Waals surface area contributed by atoms with Crippen molar-refractivity contribution in [1.82, 2.24) is 10.3 Å². The highest BCUT2D eigenvalue weighted by atomic mass is 16.4. The summed E-state index contributed by atoms with van der Waals surface area (Å²) in [6, 6.07) is 3.18. The summed E-state index contributed by atoms with van der Waals surface area (Å²) in [6.07, 6.45) is 1.41. The Kier molecular flexibility index (Phi) is 4.65. The monoisotopic (exact) mass is 251 g/mol. The van der Waals surface area contributed by atoms with Crippen molar-refractivity contribution in [2.24, 2.45) is 0 Å². The maximum absolute atomic E-state index is 11.6. The average molecular weight is 251 g/mol. The van der Waals surface area contributed by atoms with Crippen LogP contribution in [0.2, 0.25) is 0 Å². The van der Waals surface area contributed by atoms with E-state index < -0.39 is 5.97 Å². The highest BCUT2D eigenvalue weighted by molar-refractivity contribution is 5.87. The van der Waals surface area contributed by atoms with Gasteiger partial charge in [-0.25, -0.2) is 9.78 Å². The Balaban J connectivity index is 2.72. The fourth-order valence-corrected chi connectivity index (χ4v) is 1.45. The minimum absolute atomic E-state index is 0.0383. The van der Waals surface area contributed by atoms with Crippen LogP contribution < -0.4 is 10.2 Å². The van der Waals surface area contributed by atoms with Crippen LogP contribution in [-0.2, 0) is 4.79 Å². The van der Waals surface area contributed by atoms with Crippen LogP contribution in [0.5, 0.6) is 0 Å². The van der Waals surface area contributed by atoms with E-state index in [0.29, 0.717) is 5.69 Å². The second-order valence-corrected chi connectivity index (χ2v) is 4.28. The molecular formula is C12H17N3O3. The second-order valence-electron chi connectivity index (χ2n) is 4.28. The van der Waals surface area contributed by atoms with Gasteiger partial charge in [-0.3, -0.25) is 4.79 Å². The molecule has 0 aliphatic rings. The van der Waals surface area contributed by atoms with E-state index in [9.17, 15) is 9.59 Å². The number of aromatic carboxylic acids is 1. The summed E-state index contributed by atoms with van der Waals surface area (Å²) in [4.78, 5) is 27.7. The summed E-state index contributed by atoms with van der Waals surface area (Å²) in [5.41, 5.74) is 0.602. The SMILES string of the molecule is CC(C)NC(=O)CN(C)c1ccnc(C(=O)O)c1. The first-order chi connectivity index (χ1) is 8.40. The molecule has 0 aromatic carbocycles. The summed E-state index contributed by atoms with van der Waals surface area (Å²) >= 11 is 0. The molecule has 98 valence electrons. The van der Waals surface area contributed by atoms with Gasteiger partial charge in [0.05, 0.1) is 6.54 Å². The fraction of sp³-hybridized carbons (Fsp3) is 0.417. The minimum atomic E-state index is -1.09. The van der Waals surface area contributed by atoms with E-state index in [1.165, 1.54) is 12.3 Å². The molecule has 2 N–H and O–H groups in total. The topological polar surface area (TPSA) is 82.5 Å². The zero-order valence-electron chi connectivity index (χ0n) is 10.7. The summed E-state index contributed by atoms with van der Waals surface area (Å²) in [5, 5.41) is 11.6. The quantitative estimate of drug-likeness (QED) is 0.806. The Hall–Kier alpha value is -2.11. The van der Waals surface area contributed by atoms with E-state index in [1.807, 2.05) is 13.8 Å². The van der Waals surface area contributed by atoms with Crippen molar-refractivity contribution in [3.8, 4) is 0 Å². The predicted molar refractivity (Wildman–Crippen MR) is 67.7 cm³/mol. The minimum Gasteiger partial charge on any atom is -0.477 e. The number of aromatic nitrogens is 1. The lowest BCUT2D eigenvalue weighted by Crippen LogP contribution is -2.38. The molecule has 0 fully saturated rings. The Morgan fingerprint density at radius 2 is 2.17 bits per heavy atom. The lowest BCUT2D eigenvalue weighted by molar-refractivity contribution is -0.120. The number of carbonyl (C=O) groups is 2. The van der Waals surface area contributed by atoms with Crippen molar-refractivity contribution in [1.29, 1.82) is 0 Å². The van der Waals surface area contributed by atoms with Crippen LogP contribution in [0.4, 0.5) is 5.69 Å². The van der Waals surface area contributed by atoms with Gasteiger partial charge in [-0.15, -0.1) is 0 Å². The maximum Gasteiger partial charge on any atom is 0.354 e. The van der Waals surface area contributed by atoms with Crippen molar-refractivity contribution >= 4 is 17.6 Å². The van der Waals surface area contributed by atoms with Gasteiger partial charge in [0.1, 0.15) is 5.69 Å². The number of hydrogen-bond donors (Lipinski definition) is 2. The van der Waals surface area contributed by atoms with Crippen molar-refractivity contribution in [3.63, 3.8) is 0 Å². The van der Waals surface area contributed by atoms with Gasteiger partial charge in [0.25, 0.3) is 0 Å². The number of nitrogens with one attached hydrogen (secondary N) is 1. The van der Waals surface area contributed by atoms with Gasteiger partial charge in [-0.05, 0) is 26.0 Å². The van der Waals surface area contributed by atoms with Crippen LogP contribution in [0, 0.1) is 0 Å². The number of amides is 1. The first-order valence-corrected chi connectivity index (χ1v) is 5.60. The van der Waals surface area contributed by atoms with Crippen molar-refractivity contribution in [2.45, 2.75) is 19.9 Å². The van der Waals surface area contributed by atoms with Gasteiger partial charge in [0.15, 0.2) is 0 Å². The van der Waals surface area contributed by atoms with Crippen LogP contribution in [0.3, 0.4) is 0 Å². The second kappa shape index (κ2) is 6.00. The van der Waals surface area contributed by atoms with Crippen molar-refractivity contribution < 1.29 is 14.7 Å². The molecule has 6 heteroatoms. The summed E-state index contributed by atoms with van der Waals surface area (Å²) in [6.45, 7) is 3.93. The molecule has 0 aliphatic heterocycles. The third kappa shape index (κ3) is 4.04. The number of carboxylic acids is 1. The smallest absolute Gasteiger partial charge is 0.354 e. The van der Waals surface area contributed by atoms with E-state index >= 15 is 0 Å². The highest BCUT2D eigenvalue weighted by Crippen LogP contribution is 2.12. The maximum atomic E-state index is 11.6. The molecule has 1 heterocycles. The van der Waals surface area contributed by atoms with E-state index in [2.05, 4.69) is 10.3 Å². The largest absolute Gasteiger partial charge is 0.477 e. The number of carboxylic acid groups (broad SMARTS) is 1. The molecule has 0 spiro atoms. The molecule has 1 aromatic heterocycles. The van der Waals surface area contributed by atoms with Crippen LogP contribution >= 0.6 is 0 Å². The highest BCUT2D eigenvalue weighted by Gasteiger charge is 2.11.